The third-order valence-corrected chi connectivity index (χ3v) is 3.33. The quantitative estimate of drug-likeness (QED) is 0.671. The Morgan fingerprint density at radius 2 is 2.05 bits per heavy atom. The third kappa shape index (κ3) is 2.49. The molecule has 4 unspecified atom stereocenters. The van der Waals surface area contributed by atoms with E-state index in [-0.39, 0.29) is 0 Å². The number of aryl methyl sites for hydroxylation is 1. The van der Waals surface area contributed by atoms with Crippen LogP contribution >= 0.6 is 0 Å². The SMILES string of the molecule is CCCC1OC(n2cc(C)c(=O)[nH]c2=O)C(O)C1O. The standard InChI is InChI=1S/C12H18N2O5/c1-3-4-7-8(15)9(16)11(19-7)14-5-6(2)10(17)13-12(14)18/h5,7-9,11,15-16H,3-4H2,1-2H3,(H,13,17,18). The first-order valence-corrected chi connectivity index (χ1v) is 6.29. The topological polar surface area (TPSA) is 105 Å². The van der Waals surface area contributed by atoms with Crippen LogP contribution in [0.4, 0.5) is 0 Å². The van der Waals surface area contributed by atoms with Crippen molar-refractivity contribution in [3.8, 4) is 0 Å². The molecule has 0 radical (unpaired) electrons. The van der Waals surface area contributed by atoms with E-state index in [0.29, 0.717) is 12.0 Å². The van der Waals surface area contributed by atoms with Crippen LogP contribution in [0, 0.1) is 6.92 Å². The average molecular weight is 270 g/mol. The highest BCUT2D eigenvalue weighted by Gasteiger charge is 2.43. The van der Waals surface area contributed by atoms with Crippen molar-refractivity contribution in [3.05, 3.63) is 32.6 Å². The van der Waals surface area contributed by atoms with Crippen LogP contribution in [0.2, 0.25) is 0 Å². The second-order valence-corrected chi connectivity index (χ2v) is 4.81. The molecule has 1 saturated heterocycles. The molecule has 1 aromatic rings. The number of H-pyrrole nitrogens is 1. The van der Waals surface area contributed by atoms with E-state index >= 15 is 0 Å². The fourth-order valence-corrected chi connectivity index (χ4v) is 2.26. The number of hydrogen-bond donors (Lipinski definition) is 3. The number of hydrogen-bond acceptors (Lipinski definition) is 5. The normalized spacial score (nSPS) is 30.7. The second-order valence-electron chi connectivity index (χ2n) is 4.81. The molecule has 1 aliphatic rings. The lowest BCUT2D eigenvalue weighted by Gasteiger charge is -2.17. The van der Waals surface area contributed by atoms with Gasteiger partial charge in [0.15, 0.2) is 6.23 Å². The molecular weight excluding hydrogens is 252 g/mol. The molecule has 1 fully saturated rings. The molecule has 3 N–H and O–H groups in total. The molecule has 1 aromatic heterocycles. The molecule has 0 aromatic carbocycles. The molecule has 2 rings (SSSR count). The number of nitrogens with zero attached hydrogens (tertiary/aromatic N) is 1. The van der Waals surface area contributed by atoms with Crippen molar-refractivity contribution >= 4 is 0 Å². The van der Waals surface area contributed by atoms with Crippen molar-refractivity contribution in [3.63, 3.8) is 0 Å². The molecule has 19 heavy (non-hydrogen) atoms. The Balaban J connectivity index is 2.35. The number of ether oxygens (including phenoxy) is 1. The summed E-state index contributed by atoms with van der Waals surface area (Å²) in [5, 5.41) is 19.8. The molecule has 1 aliphatic heterocycles. The van der Waals surface area contributed by atoms with Gasteiger partial charge in [0, 0.05) is 11.8 Å². The van der Waals surface area contributed by atoms with Crippen molar-refractivity contribution in [2.45, 2.75) is 51.2 Å². The molecule has 0 aliphatic carbocycles. The number of nitrogens with one attached hydrogen (secondary N) is 1. The number of aliphatic hydroxyl groups is 2. The number of aliphatic hydroxyl groups excluding tert-OH is 2. The van der Waals surface area contributed by atoms with Gasteiger partial charge in [-0.2, -0.15) is 0 Å². The van der Waals surface area contributed by atoms with Gasteiger partial charge < -0.3 is 14.9 Å². The predicted molar refractivity (Wildman–Crippen MR) is 66.9 cm³/mol. The maximum Gasteiger partial charge on any atom is 0.330 e. The largest absolute Gasteiger partial charge is 0.388 e. The summed E-state index contributed by atoms with van der Waals surface area (Å²) in [7, 11) is 0. The molecule has 106 valence electrons. The van der Waals surface area contributed by atoms with Gasteiger partial charge in [-0.1, -0.05) is 13.3 Å². The van der Waals surface area contributed by atoms with Crippen molar-refractivity contribution in [1.29, 1.82) is 0 Å². The van der Waals surface area contributed by atoms with E-state index in [1.165, 1.54) is 6.20 Å². The maximum absolute atomic E-state index is 11.7. The zero-order valence-electron chi connectivity index (χ0n) is 10.9. The van der Waals surface area contributed by atoms with Crippen molar-refractivity contribution < 1.29 is 14.9 Å². The predicted octanol–water partition coefficient (Wildman–Crippen LogP) is -0.736. The molecule has 7 heteroatoms. The van der Waals surface area contributed by atoms with E-state index in [9.17, 15) is 19.8 Å². The Kier molecular flexibility index (Phi) is 3.88. The molecular formula is C12H18N2O5. The minimum absolute atomic E-state index is 0.337. The van der Waals surface area contributed by atoms with Crippen molar-refractivity contribution in [2.24, 2.45) is 0 Å². The first-order valence-electron chi connectivity index (χ1n) is 6.29. The summed E-state index contributed by atoms with van der Waals surface area (Å²) in [5.41, 5.74) is -0.799. The lowest BCUT2D eigenvalue weighted by molar-refractivity contribution is -0.0419. The lowest BCUT2D eigenvalue weighted by Crippen LogP contribution is -2.38. The summed E-state index contributed by atoms with van der Waals surface area (Å²) >= 11 is 0. The van der Waals surface area contributed by atoms with Crippen LogP contribution in [-0.2, 0) is 4.74 Å². The highest BCUT2D eigenvalue weighted by atomic mass is 16.6. The van der Waals surface area contributed by atoms with Gasteiger partial charge in [0.05, 0.1) is 6.10 Å². The Hall–Kier alpha value is -1.44. The van der Waals surface area contributed by atoms with Crippen LogP contribution in [0.3, 0.4) is 0 Å². The van der Waals surface area contributed by atoms with Crippen molar-refractivity contribution in [1.82, 2.24) is 9.55 Å². The van der Waals surface area contributed by atoms with Gasteiger partial charge in [-0.3, -0.25) is 14.3 Å². The summed E-state index contributed by atoms with van der Waals surface area (Å²) in [6.07, 6.45) is -1.01. The second kappa shape index (κ2) is 5.28. The van der Waals surface area contributed by atoms with E-state index < -0.39 is 35.8 Å². The molecule has 2 heterocycles. The zero-order valence-corrected chi connectivity index (χ0v) is 10.9. The van der Waals surface area contributed by atoms with Crippen LogP contribution in [0.15, 0.2) is 15.8 Å². The monoisotopic (exact) mass is 270 g/mol. The zero-order chi connectivity index (χ0) is 14.2. The van der Waals surface area contributed by atoms with Gasteiger partial charge in [-0.25, -0.2) is 4.79 Å². The van der Waals surface area contributed by atoms with Gasteiger partial charge in [0.2, 0.25) is 0 Å². The summed E-state index contributed by atoms with van der Waals surface area (Å²) in [6, 6.07) is 0. The summed E-state index contributed by atoms with van der Waals surface area (Å²) in [4.78, 5) is 25.2. The minimum atomic E-state index is -1.19. The van der Waals surface area contributed by atoms with Gasteiger partial charge in [-0.05, 0) is 13.3 Å². The van der Waals surface area contributed by atoms with Crippen LogP contribution in [0.25, 0.3) is 0 Å². The Morgan fingerprint density at radius 3 is 2.68 bits per heavy atom. The van der Waals surface area contributed by atoms with E-state index in [4.69, 9.17) is 4.74 Å². The molecule has 0 spiro atoms. The van der Waals surface area contributed by atoms with E-state index in [2.05, 4.69) is 4.98 Å². The number of rotatable bonds is 3. The number of aromatic amines is 1. The van der Waals surface area contributed by atoms with Crippen LogP contribution in [-0.4, -0.2) is 38.1 Å². The molecule has 4 atom stereocenters. The summed E-state index contributed by atoms with van der Waals surface area (Å²) < 4.78 is 6.64. The van der Waals surface area contributed by atoms with E-state index in [1.807, 2.05) is 6.92 Å². The van der Waals surface area contributed by atoms with Crippen molar-refractivity contribution in [2.75, 3.05) is 0 Å². The van der Waals surface area contributed by atoms with E-state index in [0.717, 1.165) is 11.0 Å². The fraction of sp³-hybridized carbons (Fsp3) is 0.667. The first kappa shape index (κ1) is 14.0. The Labute approximate surface area is 109 Å². The summed E-state index contributed by atoms with van der Waals surface area (Å²) in [5.74, 6) is 0. The molecule has 0 bridgehead atoms. The lowest BCUT2D eigenvalue weighted by atomic mass is 10.1. The minimum Gasteiger partial charge on any atom is -0.388 e. The Morgan fingerprint density at radius 1 is 1.37 bits per heavy atom. The van der Waals surface area contributed by atoms with Gasteiger partial charge in [0.25, 0.3) is 5.56 Å². The third-order valence-electron chi connectivity index (χ3n) is 3.33. The van der Waals surface area contributed by atoms with Gasteiger partial charge in [-0.15, -0.1) is 0 Å². The molecule has 7 nitrogen and oxygen atoms in total. The van der Waals surface area contributed by atoms with Crippen LogP contribution < -0.4 is 11.2 Å². The number of aromatic nitrogens is 2. The van der Waals surface area contributed by atoms with Crippen LogP contribution in [0.5, 0.6) is 0 Å². The average Bonchev–Trinajstić information content (AvgIpc) is 2.63. The maximum atomic E-state index is 11.7. The smallest absolute Gasteiger partial charge is 0.330 e. The van der Waals surface area contributed by atoms with Crippen LogP contribution in [0.1, 0.15) is 31.6 Å². The van der Waals surface area contributed by atoms with E-state index in [1.54, 1.807) is 6.92 Å². The van der Waals surface area contributed by atoms with Gasteiger partial charge >= 0.3 is 5.69 Å². The molecule has 0 amide bonds. The highest BCUT2D eigenvalue weighted by Crippen LogP contribution is 2.30. The first-order chi connectivity index (χ1) is 8.95. The molecule has 0 saturated carbocycles. The highest BCUT2D eigenvalue weighted by molar-refractivity contribution is 5.03. The van der Waals surface area contributed by atoms with Gasteiger partial charge in [0.1, 0.15) is 12.2 Å². The fourth-order valence-electron chi connectivity index (χ4n) is 2.26. The summed E-state index contributed by atoms with van der Waals surface area (Å²) in [6.45, 7) is 3.49. The Bertz CT molecular complexity index is 564.